The molecule has 1 fully saturated rings. The molecule has 0 atom stereocenters. The second-order valence-electron chi connectivity index (χ2n) is 4.94. The molecule has 0 aromatic carbocycles. The number of pyridine rings is 2. The highest BCUT2D eigenvalue weighted by atomic mass is 35.5. The number of hydrogen-bond donors (Lipinski definition) is 1. The van der Waals surface area contributed by atoms with Gasteiger partial charge in [0.15, 0.2) is 10.1 Å². The van der Waals surface area contributed by atoms with E-state index in [1.807, 2.05) is 0 Å². The van der Waals surface area contributed by atoms with Gasteiger partial charge < -0.3 is 0 Å². The van der Waals surface area contributed by atoms with E-state index in [4.69, 9.17) is 23.8 Å². The standard InChI is InChI=1S/C15H8ClF3N4OS2/c16-10-5-8(15(17,18)19)7-21-12(10)22-23-13(24)11(26-14(23)25)6-9-3-1-2-4-20-9/h1-7H,(H,21,22)/b11-6-. The van der Waals surface area contributed by atoms with Gasteiger partial charge in [0.1, 0.15) is 0 Å². The van der Waals surface area contributed by atoms with Crippen molar-refractivity contribution in [3.05, 3.63) is 57.8 Å². The number of halogens is 4. The minimum absolute atomic E-state index is 0.116. The first-order chi connectivity index (χ1) is 12.3. The number of alkyl halides is 3. The summed E-state index contributed by atoms with van der Waals surface area (Å²) in [6, 6.07) is 5.94. The minimum Gasteiger partial charge on any atom is -0.272 e. The van der Waals surface area contributed by atoms with E-state index in [2.05, 4.69) is 15.4 Å². The Balaban J connectivity index is 1.82. The van der Waals surface area contributed by atoms with E-state index in [-0.39, 0.29) is 15.2 Å². The molecule has 1 amide bonds. The largest absolute Gasteiger partial charge is 0.417 e. The average molecular weight is 417 g/mol. The zero-order valence-corrected chi connectivity index (χ0v) is 15.0. The Bertz CT molecular complexity index is 906. The second kappa shape index (κ2) is 7.22. The molecular weight excluding hydrogens is 409 g/mol. The molecule has 134 valence electrons. The van der Waals surface area contributed by atoms with Gasteiger partial charge in [-0.2, -0.15) is 18.2 Å². The van der Waals surface area contributed by atoms with Crippen LogP contribution in [0.4, 0.5) is 19.0 Å². The molecule has 0 saturated carbocycles. The lowest BCUT2D eigenvalue weighted by Crippen LogP contribution is -2.34. The lowest BCUT2D eigenvalue weighted by Gasteiger charge is -2.17. The van der Waals surface area contributed by atoms with Crippen molar-refractivity contribution in [3.63, 3.8) is 0 Å². The SMILES string of the molecule is O=C1/C(=C/c2ccccn2)SC(=S)N1Nc1ncc(C(F)(F)F)cc1Cl. The molecule has 1 saturated heterocycles. The third kappa shape index (κ3) is 3.97. The highest BCUT2D eigenvalue weighted by Crippen LogP contribution is 2.35. The van der Waals surface area contributed by atoms with Crippen molar-refractivity contribution in [2.45, 2.75) is 6.18 Å². The summed E-state index contributed by atoms with van der Waals surface area (Å²) in [5.41, 5.74) is 2.13. The zero-order valence-electron chi connectivity index (χ0n) is 12.6. The Kier molecular flexibility index (Phi) is 5.17. The quantitative estimate of drug-likeness (QED) is 0.592. The van der Waals surface area contributed by atoms with Crippen LogP contribution in [0.5, 0.6) is 0 Å². The van der Waals surface area contributed by atoms with Gasteiger partial charge in [-0.05, 0) is 36.5 Å². The third-order valence-corrected chi connectivity index (χ3v) is 4.74. The minimum atomic E-state index is -4.57. The number of carbonyl (C=O) groups is 1. The second-order valence-corrected chi connectivity index (χ2v) is 7.02. The highest BCUT2D eigenvalue weighted by molar-refractivity contribution is 8.26. The molecule has 11 heteroatoms. The summed E-state index contributed by atoms with van der Waals surface area (Å²) in [7, 11) is 0. The summed E-state index contributed by atoms with van der Waals surface area (Å²) in [5, 5.41) is 0.707. The number of rotatable bonds is 3. The van der Waals surface area contributed by atoms with Crippen LogP contribution in [0, 0.1) is 0 Å². The maximum Gasteiger partial charge on any atom is 0.417 e. The monoisotopic (exact) mass is 416 g/mol. The maximum absolute atomic E-state index is 12.7. The van der Waals surface area contributed by atoms with Crippen LogP contribution in [0.1, 0.15) is 11.3 Å². The first-order valence-corrected chi connectivity index (χ1v) is 8.54. The first-order valence-electron chi connectivity index (χ1n) is 6.94. The van der Waals surface area contributed by atoms with Crippen molar-refractivity contribution in [2.24, 2.45) is 0 Å². The number of thioether (sulfide) groups is 1. The van der Waals surface area contributed by atoms with E-state index in [9.17, 15) is 18.0 Å². The third-order valence-electron chi connectivity index (χ3n) is 3.15. The number of nitrogens with one attached hydrogen (secondary N) is 1. The van der Waals surface area contributed by atoms with E-state index in [0.717, 1.165) is 22.8 Å². The van der Waals surface area contributed by atoms with Gasteiger partial charge in [-0.3, -0.25) is 15.2 Å². The number of carbonyl (C=O) groups excluding carboxylic acids is 1. The lowest BCUT2D eigenvalue weighted by molar-refractivity contribution is -0.137. The van der Waals surface area contributed by atoms with Crippen molar-refractivity contribution in [1.82, 2.24) is 15.0 Å². The summed E-state index contributed by atoms with van der Waals surface area (Å²) in [4.78, 5) is 20.5. The molecule has 0 unspecified atom stereocenters. The summed E-state index contributed by atoms with van der Waals surface area (Å²) < 4.78 is 38.2. The molecule has 1 N–H and O–H groups in total. The van der Waals surface area contributed by atoms with Crippen molar-refractivity contribution in [2.75, 3.05) is 5.43 Å². The molecule has 3 heterocycles. The normalized spacial score (nSPS) is 16.5. The zero-order chi connectivity index (χ0) is 18.9. The summed E-state index contributed by atoms with van der Waals surface area (Å²) in [5.74, 6) is -0.599. The van der Waals surface area contributed by atoms with Gasteiger partial charge in [-0.25, -0.2) is 4.98 Å². The van der Waals surface area contributed by atoms with Gasteiger partial charge in [0, 0.05) is 12.4 Å². The molecule has 0 spiro atoms. The molecule has 0 aliphatic carbocycles. The molecule has 1 aliphatic rings. The summed E-state index contributed by atoms with van der Waals surface area (Å²) in [6.45, 7) is 0. The van der Waals surface area contributed by atoms with Crippen molar-refractivity contribution in [1.29, 1.82) is 0 Å². The van der Waals surface area contributed by atoms with Crippen LogP contribution >= 0.6 is 35.6 Å². The van der Waals surface area contributed by atoms with Crippen LogP contribution in [0.3, 0.4) is 0 Å². The van der Waals surface area contributed by atoms with Crippen LogP contribution < -0.4 is 5.43 Å². The lowest BCUT2D eigenvalue weighted by atomic mass is 10.3. The fraction of sp³-hybridized carbons (Fsp3) is 0.0667. The van der Waals surface area contributed by atoms with E-state index in [0.29, 0.717) is 16.8 Å². The number of aromatic nitrogens is 2. The summed E-state index contributed by atoms with van der Waals surface area (Å²) in [6.07, 6.45) is -0.808. The molecule has 5 nitrogen and oxygen atoms in total. The van der Waals surface area contributed by atoms with Crippen LogP contribution in [-0.2, 0) is 11.0 Å². The van der Waals surface area contributed by atoms with Crippen molar-refractivity contribution >= 4 is 57.7 Å². The molecule has 2 aromatic heterocycles. The Labute approximate surface area is 160 Å². The molecule has 26 heavy (non-hydrogen) atoms. The van der Waals surface area contributed by atoms with Gasteiger partial charge in [0.2, 0.25) is 0 Å². The maximum atomic E-state index is 12.7. The fourth-order valence-corrected chi connectivity index (χ4v) is 3.31. The predicted molar refractivity (Wildman–Crippen MR) is 97.1 cm³/mol. The van der Waals surface area contributed by atoms with Crippen LogP contribution in [0.2, 0.25) is 5.02 Å². The van der Waals surface area contributed by atoms with E-state index in [1.54, 1.807) is 30.5 Å². The van der Waals surface area contributed by atoms with Crippen molar-refractivity contribution in [3.8, 4) is 0 Å². The first kappa shape index (κ1) is 18.6. The number of thiocarbonyl (C=S) groups is 1. The fourth-order valence-electron chi connectivity index (χ4n) is 1.94. The number of hydrazine groups is 1. The molecular formula is C15H8ClF3N4OS2. The van der Waals surface area contributed by atoms with Gasteiger partial charge in [0.25, 0.3) is 5.91 Å². The van der Waals surface area contributed by atoms with Gasteiger partial charge >= 0.3 is 6.18 Å². The number of amides is 1. The highest BCUT2D eigenvalue weighted by Gasteiger charge is 2.35. The summed E-state index contributed by atoms with van der Waals surface area (Å²) >= 11 is 12.0. The predicted octanol–water partition coefficient (Wildman–Crippen LogP) is 4.38. The van der Waals surface area contributed by atoms with E-state index >= 15 is 0 Å². The van der Waals surface area contributed by atoms with Gasteiger partial charge in [-0.15, -0.1) is 0 Å². The smallest absolute Gasteiger partial charge is 0.272 e. The molecule has 0 bridgehead atoms. The van der Waals surface area contributed by atoms with E-state index in [1.165, 1.54) is 0 Å². The molecule has 1 aliphatic heterocycles. The Hall–Kier alpha value is -2.17. The van der Waals surface area contributed by atoms with Crippen LogP contribution in [0.15, 0.2) is 41.6 Å². The molecule has 2 aromatic rings. The van der Waals surface area contributed by atoms with Crippen molar-refractivity contribution < 1.29 is 18.0 Å². The molecule has 0 radical (unpaired) electrons. The average Bonchev–Trinajstić information content (AvgIpc) is 2.84. The Morgan fingerprint density at radius 1 is 1.31 bits per heavy atom. The Morgan fingerprint density at radius 2 is 2.08 bits per heavy atom. The topological polar surface area (TPSA) is 58.1 Å². The van der Waals surface area contributed by atoms with Crippen LogP contribution in [0.25, 0.3) is 6.08 Å². The van der Waals surface area contributed by atoms with Crippen LogP contribution in [-0.4, -0.2) is 25.2 Å². The number of nitrogens with zero attached hydrogens (tertiary/aromatic N) is 3. The Morgan fingerprint density at radius 3 is 2.69 bits per heavy atom. The van der Waals surface area contributed by atoms with Gasteiger partial charge in [0.05, 0.1) is 21.2 Å². The number of anilines is 1. The molecule has 3 rings (SSSR count). The van der Waals surface area contributed by atoms with E-state index < -0.39 is 17.6 Å². The van der Waals surface area contributed by atoms with Gasteiger partial charge in [-0.1, -0.05) is 29.4 Å². The number of hydrogen-bond acceptors (Lipinski definition) is 6.